The number of nitrogens with two attached hydrogens (primary N) is 1. The average molecular weight is 367 g/mol. The van der Waals surface area contributed by atoms with Crippen molar-refractivity contribution in [2.45, 2.75) is 9.92 Å². The minimum absolute atomic E-state index is 0.321. The number of hydrogen-bond acceptors (Lipinski definition) is 7. The van der Waals surface area contributed by atoms with E-state index in [2.05, 4.69) is 20.8 Å². The van der Waals surface area contributed by atoms with E-state index in [1.165, 1.54) is 25.2 Å². The average Bonchev–Trinajstić information content (AvgIpc) is 2.69. The van der Waals surface area contributed by atoms with Gasteiger partial charge < -0.3 is 10.5 Å². The summed E-state index contributed by atoms with van der Waals surface area (Å²) in [6, 6.07) is 16.7. The molecule has 2 aromatic carbocycles. The maximum absolute atomic E-state index is 12.3. The second-order valence-electron chi connectivity index (χ2n) is 5.14. The molecule has 132 valence electrons. The largest absolute Gasteiger partial charge is 0.496 e. The fraction of sp³-hybridized carbons (Fsp3) is 0.0556. The molecule has 26 heavy (non-hydrogen) atoms. The molecule has 1 heterocycles. The van der Waals surface area contributed by atoms with Crippen LogP contribution in [0.4, 0.5) is 11.5 Å². The normalized spacial score (nSPS) is 10.2. The fourth-order valence-corrected chi connectivity index (χ4v) is 3.00. The lowest BCUT2D eigenvalue weighted by molar-refractivity contribution is 0.0959. The van der Waals surface area contributed by atoms with Crippen LogP contribution in [0.2, 0.25) is 0 Å². The van der Waals surface area contributed by atoms with E-state index >= 15 is 0 Å². The minimum atomic E-state index is -0.363. The van der Waals surface area contributed by atoms with Gasteiger partial charge in [0.05, 0.1) is 12.7 Å². The monoisotopic (exact) mass is 367 g/mol. The number of benzene rings is 2. The fourth-order valence-electron chi connectivity index (χ4n) is 2.18. The van der Waals surface area contributed by atoms with Gasteiger partial charge in [-0.05, 0) is 24.3 Å². The van der Waals surface area contributed by atoms with Crippen molar-refractivity contribution < 1.29 is 9.53 Å². The van der Waals surface area contributed by atoms with Crippen molar-refractivity contribution in [1.29, 1.82) is 0 Å². The molecular formula is C18H17N5O2S. The van der Waals surface area contributed by atoms with Gasteiger partial charge in [-0.2, -0.15) is 0 Å². The predicted molar refractivity (Wildman–Crippen MR) is 101 cm³/mol. The van der Waals surface area contributed by atoms with Crippen LogP contribution in [-0.4, -0.2) is 23.0 Å². The molecule has 4 N–H and O–H groups in total. The van der Waals surface area contributed by atoms with E-state index in [1.807, 2.05) is 30.3 Å². The van der Waals surface area contributed by atoms with Crippen molar-refractivity contribution in [3.8, 4) is 5.75 Å². The van der Waals surface area contributed by atoms with E-state index in [-0.39, 0.29) is 5.91 Å². The molecule has 8 heteroatoms. The number of ether oxygens (including phenoxy) is 1. The highest BCUT2D eigenvalue weighted by Crippen LogP contribution is 2.32. The summed E-state index contributed by atoms with van der Waals surface area (Å²) >= 11 is 1.42. The van der Waals surface area contributed by atoms with Crippen LogP contribution < -0.4 is 21.3 Å². The summed E-state index contributed by atoms with van der Waals surface area (Å²) in [5, 5.41) is 0.597. The maximum Gasteiger partial charge on any atom is 0.273 e. The molecule has 0 radical (unpaired) electrons. The quantitative estimate of drug-likeness (QED) is 0.455. The third kappa shape index (κ3) is 4.04. The van der Waals surface area contributed by atoms with Crippen molar-refractivity contribution in [1.82, 2.24) is 15.4 Å². The van der Waals surface area contributed by atoms with Crippen molar-refractivity contribution in [2.75, 3.05) is 18.3 Å². The highest BCUT2D eigenvalue weighted by atomic mass is 32.2. The van der Waals surface area contributed by atoms with Gasteiger partial charge in [0.15, 0.2) is 5.82 Å². The third-order valence-electron chi connectivity index (χ3n) is 3.45. The number of nitrogens with one attached hydrogen (secondary N) is 2. The zero-order valence-electron chi connectivity index (χ0n) is 14.0. The first-order valence-corrected chi connectivity index (χ1v) is 8.53. The van der Waals surface area contributed by atoms with Crippen LogP contribution in [-0.2, 0) is 0 Å². The number of aromatic nitrogens is 2. The van der Waals surface area contributed by atoms with E-state index in [1.54, 1.807) is 24.3 Å². The molecule has 3 aromatic rings. The Bertz CT molecular complexity index is 905. The number of methoxy groups -OCH3 is 1. The Balaban J connectivity index is 1.72. The van der Waals surface area contributed by atoms with Crippen LogP contribution in [0.5, 0.6) is 5.75 Å². The molecule has 0 spiro atoms. The van der Waals surface area contributed by atoms with Gasteiger partial charge in [-0.3, -0.25) is 15.6 Å². The Kier molecular flexibility index (Phi) is 5.55. The van der Waals surface area contributed by atoms with E-state index in [0.29, 0.717) is 27.8 Å². The number of para-hydroxylation sites is 1. The molecule has 0 fully saturated rings. The molecule has 0 aliphatic heterocycles. The summed E-state index contributed by atoms with van der Waals surface area (Å²) in [6.07, 6.45) is 1.39. The van der Waals surface area contributed by atoms with E-state index < -0.39 is 0 Å². The zero-order chi connectivity index (χ0) is 18.4. The number of hydrazine groups is 1. The number of hydrogen-bond donors (Lipinski definition) is 3. The number of nitrogens with zero attached hydrogens (tertiary/aromatic N) is 2. The van der Waals surface area contributed by atoms with Crippen LogP contribution in [0.1, 0.15) is 10.4 Å². The van der Waals surface area contributed by atoms with Gasteiger partial charge in [0.1, 0.15) is 22.8 Å². The Hall–Kier alpha value is -3.26. The molecule has 1 amide bonds. The lowest BCUT2D eigenvalue weighted by Crippen LogP contribution is -2.30. The molecule has 0 saturated heterocycles. The summed E-state index contributed by atoms with van der Waals surface area (Å²) < 4.78 is 5.19. The second kappa shape index (κ2) is 8.21. The van der Waals surface area contributed by atoms with Crippen LogP contribution >= 0.6 is 11.8 Å². The molecule has 7 nitrogen and oxygen atoms in total. The van der Waals surface area contributed by atoms with E-state index in [4.69, 9.17) is 10.5 Å². The number of anilines is 2. The van der Waals surface area contributed by atoms with Gasteiger partial charge >= 0.3 is 0 Å². The van der Waals surface area contributed by atoms with E-state index in [0.717, 1.165) is 4.90 Å². The van der Waals surface area contributed by atoms with Crippen molar-refractivity contribution in [3.05, 3.63) is 66.5 Å². The third-order valence-corrected chi connectivity index (χ3v) is 4.48. The number of carbonyl (C=O) groups excluding carboxylic acids is 1. The Morgan fingerprint density at radius 1 is 1.08 bits per heavy atom. The van der Waals surface area contributed by atoms with Gasteiger partial charge in [-0.1, -0.05) is 42.1 Å². The van der Waals surface area contributed by atoms with Gasteiger partial charge in [-0.15, -0.1) is 0 Å². The number of rotatable bonds is 6. The Labute approximate surface area is 155 Å². The zero-order valence-corrected chi connectivity index (χ0v) is 14.8. The number of nitrogen functional groups attached to an aromatic ring is 1. The molecule has 0 unspecified atom stereocenters. The van der Waals surface area contributed by atoms with Crippen LogP contribution in [0.3, 0.4) is 0 Å². The molecule has 0 saturated carbocycles. The highest BCUT2D eigenvalue weighted by molar-refractivity contribution is 7.99. The molecule has 0 bridgehead atoms. The SMILES string of the molecule is COc1ccccc1C(=O)NNc1ncnc(Sc2ccccc2)c1N. The first-order valence-electron chi connectivity index (χ1n) is 7.72. The van der Waals surface area contributed by atoms with E-state index in [9.17, 15) is 4.79 Å². The molecule has 0 aliphatic rings. The minimum Gasteiger partial charge on any atom is -0.496 e. The second-order valence-corrected chi connectivity index (χ2v) is 6.20. The van der Waals surface area contributed by atoms with Crippen molar-refractivity contribution >= 4 is 29.2 Å². The summed E-state index contributed by atoms with van der Waals surface area (Å²) in [7, 11) is 1.51. The smallest absolute Gasteiger partial charge is 0.273 e. The Morgan fingerprint density at radius 2 is 1.81 bits per heavy atom. The highest BCUT2D eigenvalue weighted by Gasteiger charge is 2.13. The van der Waals surface area contributed by atoms with Crippen molar-refractivity contribution in [2.24, 2.45) is 0 Å². The molecule has 1 aromatic heterocycles. The number of amides is 1. The summed E-state index contributed by atoms with van der Waals surface area (Å²) in [5.41, 5.74) is 12.2. The van der Waals surface area contributed by atoms with Gasteiger partial charge in [0, 0.05) is 4.90 Å². The van der Waals surface area contributed by atoms with Crippen molar-refractivity contribution in [3.63, 3.8) is 0 Å². The summed E-state index contributed by atoms with van der Waals surface area (Å²) in [4.78, 5) is 21.6. The van der Waals surface area contributed by atoms with Crippen LogP contribution in [0, 0.1) is 0 Å². The first kappa shape index (κ1) is 17.6. The topological polar surface area (TPSA) is 102 Å². The molecule has 0 atom stereocenters. The molecule has 0 aliphatic carbocycles. The first-order chi connectivity index (χ1) is 12.7. The summed E-state index contributed by atoms with van der Waals surface area (Å²) in [5.74, 6) is 0.433. The predicted octanol–water partition coefficient (Wildman–Crippen LogP) is 2.98. The maximum atomic E-state index is 12.3. The number of carbonyl (C=O) groups is 1. The molecular weight excluding hydrogens is 350 g/mol. The van der Waals surface area contributed by atoms with Gasteiger partial charge in [-0.25, -0.2) is 9.97 Å². The standard InChI is InChI=1S/C18H17N5O2S/c1-25-14-10-6-5-9-13(14)17(24)23-22-16-15(19)18(21-11-20-16)26-12-7-3-2-4-8-12/h2-11H,19H2,1H3,(H,23,24)(H,20,21,22). The van der Waals surface area contributed by atoms with Gasteiger partial charge in [0.25, 0.3) is 5.91 Å². The van der Waals surface area contributed by atoms with Crippen LogP contribution in [0.15, 0.2) is 70.8 Å². The lowest BCUT2D eigenvalue weighted by atomic mass is 10.2. The van der Waals surface area contributed by atoms with Gasteiger partial charge in [0.2, 0.25) is 0 Å². The van der Waals surface area contributed by atoms with Crippen LogP contribution in [0.25, 0.3) is 0 Å². The Morgan fingerprint density at radius 3 is 2.58 bits per heavy atom. The summed E-state index contributed by atoms with van der Waals surface area (Å²) in [6.45, 7) is 0. The molecule has 3 rings (SSSR count). The lowest BCUT2D eigenvalue weighted by Gasteiger charge is -2.13.